The second-order valence-electron chi connectivity index (χ2n) is 5.27. The molecule has 0 bridgehead atoms. The van der Waals surface area contributed by atoms with Crippen molar-refractivity contribution in [1.29, 1.82) is 0 Å². The first kappa shape index (κ1) is 13.5. The molecule has 3 heteroatoms. The molecule has 0 aromatic heterocycles. The predicted molar refractivity (Wildman–Crippen MR) is 69.6 cm³/mol. The Bertz CT molecular complexity index is 405. The van der Waals surface area contributed by atoms with Gasteiger partial charge in [-0.1, -0.05) is 13.8 Å². The fraction of sp³-hybridized carbons (Fsp3) is 0.600. The van der Waals surface area contributed by atoms with Gasteiger partial charge in [-0.3, -0.25) is 0 Å². The zero-order valence-electron chi connectivity index (χ0n) is 11.0. The number of hydrogen-bond donors (Lipinski definition) is 1. The zero-order chi connectivity index (χ0) is 13.1. The largest absolute Gasteiger partial charge is 0.314 e. The second kappa shape index (κ2) is 5.79. The van der Waals surface area contributed by atoms with Crippen molar-refractivity contribution in [3.8, 4) is 0 Å². The van der Waals surface area contributed by atoms with Crippen LogP contribution in [0.25, 0.3) is 0 Å². The Morgan fingerprint density at radius 2 is 2.06 bits per heavy atom. The summed E-state index contributed by atoms with van der Waals surface area (Å²) in [7, 11) is 0. The molecule has 3 unspecified atom stereocenters. The van der Waals surface area contributed by atoms with Gasteiger partial charge in [0.05, 0.1) is 0 Å². The molecule has 1 nitrogen and oxygen atoms in total. The Morgan fingerprint density at radius 3 is 2.78 bits per heavy atom. The summed E-state index contributed by atoms with van der Waals surface area (Å²) >= 11 is 0. The minimum Gasteiger partial charge on any atom is -0.314 e. The van der Waals surface area contributed by atoms with Gasteiger partial charge in [0.25, 0.3) is 0 Å². The lowest BCUT2D eigenvalue weighted by molar-refractivity contribution is 0.398. The standard InChI is InChI=1S/C15H21F2N/c1-3-8-18-15-7-5-12(10(15)2)13-9-11(16)4-6-14(13)17/h4,6,9-10,12,15,18H,3,5,7-8H2,1-2H3. The van der Waals surface area contributed by atoms with Gasteiger partial charge in [-0.2, -0.15) is 0 Å². The van der Waals surface area contributed by atoms with Gasteiger partial charge >= 0.3 is 0 Å². The Labute approximate surface area is 108 Å². The summed E-state index contributed by atoms with van der Waals surface area (Å²) in [6, 6.07) is 4.21. The molecule has 1 saturated carbocycles. The van der Waals surface area contributed by atoms with Gasteiger partial charge in [-0.15, -0.1) is 0 Å². The number of nitrogens with one attached hydrogen (secondary N) is 1. The van der Waals surface area contributed by atoms with Crippen LogP contribution in [0.3, 0.4) is 0 Å². The first-order valence-electron chi connectivity index (χ1n) is 6.81. The summed E-state index contributed by atoms with van der Waals surface area (Å²) in [5, 5.41) is 3.50. The first-order valence-corrected chi connectivity index (χ1v) is 6.81. The highest BCUT2D eigenvalue weighted by atomic mass is 19.1. The van der Waals surface area contributed by atoms with E-state index in [0.29, 0.717) is 17.5 Å². The first-order chi connectivity index (χ1) is 8.63. The minimum atomic E-state index is -0.344. The van der Waals surface area contributed by atoms with Crippen molar-refractivity contribution < 1.29 is 8.78 Å². The van der Waals surface area contributed by atoms with Crippen LogP contribution in [0.2, 0.25) is 0 Å². The maximum atomic E-state index is 13.8. The van der Waals surface area contributed by atoms with E-state index in [1.54, 1.807) is 0 Å². The van der Waals surface area contributed by atoms with E-state index < -0.39 is 0 Å². The third-order valence-electron chi connectivity index (χ3n) is 4.07. The van der Waals surface area contributed by atoms with Crippen LogP contribution in [0.5, 0.6) is 0 Å². The molecule has 3 atom stereocenters. The average Bonchev–Trinajstić information content (AvgIpc) is 2.71. The zero-order valence-corrected chi connectivity index (χ0v) is 11.0. The number of halogens is 2. The normalized spacial score (nSPS) is 27.7. The van der Waals surface area contributed by atoms with Crippen molar-refractivity contribution in [3.05, 3.63) is 35.4 Å². The third-order valence-corrected chi connectivity index (χ3v) is 4.07. The molecule has 1 aromatic rings. The fourth-order valence-electron chi connectivity index (χ4n) is 3.02. The van der Waals surface area contributed by atoms with Crippen LogP contribution in [-0.2, 0) is 0 Å². The summed E-state index contributed by atoms with van der Waals surface area (Å²) < 4.78 is 27.0. The molecule has 0 radical (unpaired) electrons. The number of benzene rings is 1. The third kappa shape index (κ3) is 2.72. The molecule has 1 N–H and O–H groups in total. The van der Waals surface area contributed by atoms with Gasteiger partial charge in [0.15, 0.2) is 0 Å². The molecule has 1 aromatic carbocycles. The molecular weight excluding hydrogens is 232 g/mol. The minimum absolute atomic E-state index is 0.134. The van der Waals surface area contributed by atoms with Crippen LogP contribution in [-0.4, -0.2) is 12.6 Å². The molecular formula is C15H21F2N. The lowest BCUT2D eigenvalue weighted by Gasteiger charge is -2.22. The van der Waals surface area contributed by atoms with Crippen molar-refractivity contribution in [3.63, 3.8) is 0 Å². The van der Waals surface area contributed by atoms with E-state index in [9.17, 15) is 8.78 Å². The Morgan fingerprint density at radius 1 is 1.28 bits per heavy atom. The average molecular weight is 253 g/mol. The summed E-state index contributed by atoms with van der Waals surface area (Å²) in [5.74, 6) is -0.129. The molecule has 1 fully saturated rings. The molecule has 0 saturated heterocycles. The van der Waals surface area contributed by atoms with E-state index in [4.69, 9.17) is 0 Å². The highest BCUT2D eigenvalue weighted by molar-refractivity contribution is 5.25. The molecule has 0 amide bonds. The lowest BCUT2D eigenvalue weighted by atomic mass is 9.88. The Balaban J connectivity index is 2.12. The smallest absolute Gasteiger partial charge is 0.126 e. The maximum Gasteiger partial charge on any atom is 0.126 e. The maximum absolute atomic E-state index is 13.8. The van der Waals surface area contributed by atoms with Crippen LogP contribution >= 0.6 is 0 Å². The Kier molecular flexibility index (Phi) is 4.33. The number of hydrogen-bond acceptors (Lipinski definition) is 1. The van der Waals surface area contributed by atoms with Gasteiger partial charge in [-0.05, 0) is 61.4 Å². The van der Waals surface area contributed by atoms with Crippen molar-refractivity contribution >= 4 is 0 Å². The molecule has 2 rings (SSSR count). The topological polar surface area (TPSA) is 12.0 Å². The highest BCUT2D eigenvalue weighted by Gasteiger charge is 2.34. The van der Waals surface area contributed by atoms with Gasteiger partial charge < -0.3 is 5.32 Å². The summed E-state index contributed by atoms with van der Waals surface area (Å²) in [6.45, 7) is 5.26. The molecule has 1 aliphatic rings. The van der Waals surface area contributed by atoms with Gasteiger partial charge in [0.2, 0.25) is 0 Å². The monoisotopic (exact) mass is 253 g/mol. The predicted octanol–water partition coefficient (Wildman–Crippen LogP) is 3.85. The van der Waals surface area contributed by atoms with E-state index >= 15 is 0 Å². The van der Waals surface area contributed by atoms with Crippen molar-refractivity contribution in [2.75, 3.05) is 6.54 Å². The van der Waals surface area contributed by atoms with E-state index in [1.807, 2.05) is 0 Å². The summed E-state index contributed by atoms with van der Waals surface area (Å²) in [4.78, 5) is 0. The quantitative estimate of drug-likeness (QED) is 0.859. The van der Waals surface area contributed by atoms with E-state index in [0.717, 1.165) is 25.8 Å². The summed E-state index contributed by atoms with van der Waals surface area (Å²) in [5.41, 5.74) is 0.545. The highest BCUT2D eigenvalue weighted by Crippen LogP contribution is 2.40. The number of rotatable bonds is 4. The van der Waals surface area contributed by atoms with Crippen LogP contribution in [0.1, 0.15) is 44.6 Å². The van der Waals surface area contributed by atoms with Crippen molar-refractivity contribution in [1.82, 2.24) is 5.32 Å². The lowest BCUT2D eigenvalue weighted by Crippen LogP contribution is -2.33. The Hall–Kier alpha value is -0.960. The van der Waals surface area contributed by atoms with Crippen molar-refractivity contribution in [2.45, 2.75) is 45.1 Å². The molecule has 0 aliphatic heterocycles. The SMILES string of the molecule is CCCNC1CCC(c2cc(F)ccc2F)C1C. The van der Waals surface area contributed by atoms with Crippen LogP contribution < -0.4 is 5.32 Å². The van der Waals surface area contributed by atoms with E-state index in [1.165, 1.54) is 18.2 Å². The van der Waals surface area contributed by atoms with E-state index in [-0.39, 0.29) is 17.6 Å². The van der Waals surface area contributed by atoms with Crippen LogP contribution in [0, 0.1) is 17.6 Å². The molecule has 0 spiro atoms. The second-order valence-corrected chi connectivity index (χ2v) is 5.27. The molecule has 1 aliphatic carbocycles. The van der Waals surface area contributed by atoms with E-state index in [2.05, 4.69) is 19.2 Å². The van der Waals surface area contributed by atoms with Crippen LogP contribution in [0.15, 0.2) is 18.2 Å². The molecule has 18 heavy (non-hydrogen) atoms. The van der Waals surface area contributed by atoms with Crippen molar-refractivity contribution in [2.24, 2.45) is 5.92 Å². The van der Waals surface area contributed by atoms with Gasteiger partial charge in [0, 0.05) is 6.04 Å². The molecule has 100 valence electrons. The fourth-order valence-corrected chi connectivity index (χ4v) is 3.02. The molecule has 0 heterocycles. The summed E-state index contributed by atoms with van der Waals surface area (Å²) in [6.07, 6.45) is 3.08. The van der Waals surface area contributed by atoms with Gasteiger partial charge in [0.1, 0.15) is 11.6 Å². The van der Waals surface area contributed by atoms with Crippen LogP contribution in [0.4, 0.5) is 8.78 Å². The van der Waals surface area contributed by atoms with Gasteiger partial charge in [-0.25, -0.2) is 8.78 Å².